The zero-order chi connectivity index (χ0) is 11.0. The van der Waals surface area contributed by atoms with E-state index in [-0.39, 0.29) is 18.2 Å². The molecule has 1 aliphatic heterocycles. The molecule has 6 nitrogen and oxygen atoms in total. The van der Waals surface area contributed by atoms with Crippen LogP contribution in [-0.4, -0.2) is 22.0 Å². The highest BCUT2D eigenvalue weighted by Crippen LogP contribution is 2.29. The van der Waals surface area contributed by atoms with E-state index in [1.807, 2.05) is 0 Å². The summed E-state index contributed by atoms with van der Waals surface area (Å²) < 4.78 is 5.21. The van der Waals surface area contributed by atoms with Crippen LogP contribution in [0.4, 0.5) is 0 Å². The summed E-state index contributed by atoms with van der Waals surface area (Å²) in [6.45, 7) is 1.71. The Labute approximate surface area is 85.3 Å². The fraction of sp³-hybridized carbons (Fsp3) is 0.444. The number of aromatic nitrogens is 1. The molecule has 1 aliphatic rings. The van der Waals surface area contributed by atoms with Crippen LogP contribution in [0.5, 0.6) is 0 Å². The van der Waals surface area contributed by atoms with Crippen LogP contribution in [0.3, 0.4) is 0 Å². The number of carbonyl (C=O) groups excluding carboxylic acids is 1. The third-order valence-electron chi connectivity index (χ3n) is 2.35. The molecular formula is C9H10N2O4. The molecular weight excluding hydrogens is 200 g/mol. The maximum Gasteiger partial charge on any atom is 0.309 e. The van der Waals surface area contributed by atoms with Crippen molar-refractivity contribution in [3.8, 4) is 0 Å². The number of carboxylic acid groups (broad SMARTS) is 1. The number of aryl methyl sites for hydroxylation is 1. The SMILES string of the molecule is Cc1cnc(C2NC(=O)CC2C(=O)O)o1. The quantitative estimate of drug-likeness (QED) is 0.729. The number of carbonyl (C=O) groups is 2. The first kappa shape index (κ1) is 9.70. The van der Waals surface area contributed by atoms with Gasteiger partial charge in [0, 0.05) is 6.42 Å². The normalized spacial score (nSPS) is 25.3. The van der Waals surface area contributed by atoms with Gasteiger partial charge in [-0.1, -0.05) is 0 Å². The molecule has 1 fully saturated rings. The zero-order valence-electron chi connectivity index (χ0n) is 8.06. The smallest absolute Gasteiger partial charge is 0.309 e. The molecule has 1 aromatic rings. The van der Waals surface area contributed by atoms with Crippen LogP contribution in [-0.2, 0) is 9.59 Å². The lowest BCUT2D eigenvalue weighted by molar-refractivity contribution is -0.142. The van der Waals surface area contributed by atoms with Gasteiger partial charge >= 0.3 is 5.97 Å². The number of hydrogen-bond acceptors (Lipinski definition) is 4. The van der Waals surface area contributed by atoms with Gasteiger partial charge in [-0.2, -0.15) is 0 Å². The molecule has 1 saturated heterocycles. The van der Waals surface area contributed by atoms with Gasteiger partial charge in [0.05, 0.1) is 12.1 Å². The Balaban J connectivity index is 2.27. The van der Waals surface area contributed by atoms with Crippen molar-refractivity contribution in [2.24, 2.45) is 5.92 Å². The van der Waals surface area contributed by atoms with Crippen LogP contribution in [0.1, 0.15) is 24.1 Å². The Bertz CT molecular complexity index is 412. The summed E-state index contributed by atoms with van der Waals surface area (Å²) >= 11 is 0. The number of carboxylic acids is 1. The lowest BCUT2D eigenvalue weighted by Crippen LogP contribution is -2.24. The second-order valence-corrected chi connectivity index (χ2v) is 3.50. The molecule has 1 amide bonds. The highest BCUT2D eigenvalue weighted by atomic mass is 16.4. The van der Waals surface area contributed by atoms with Gasteiger partial charge in [-0.15, -0.1) is 0 Å². The van der Waals surface area contributed by atoms with Crippen LogP contribution < -0.4 is 5.32 Å². The molecule has 0 saturated carbocycles. The largest absolute Gasteiger partial charge is 0.481 e. The second-order valence-electron chi connectivity index (χ2n) is 3.50. The fourth-order valence-corrected chi connectivity index (χ4v) is 1.63. The van der Waals surface area contributed by atoms with E-state index in [1.54, 1.807) is 6.92 Å². The third kappa shape index (κ3) is 1.70. The minimum atomic E-state index is -1.02. The van der Waals surface area contributed by atoms with E-state index in [2.05, 4.69) is 10.3 Å². The number of oxazole rings is 1. The summed E-state index contributed by atoms with van der Waals surface area (Å²) in [5.74, 6) is -1.26. The monoisotopic (exact) mass is 210 g/mol. The lowest BCUT2D eigenvalue weighted by Gasteiger charge is -2.10. The number of hydrogen-bond donors (Lipinski definition) is 2. The van der Waals surface area contributed by atoms with Gasteiger partial charge in [-0.05, 0) is 6.92 Å². The molecule has 1 aromatic heterocycles. The molecule has 15 heavy (non-hydrogen) atoms. The Hall–Kier alpha value is -1.85. The van der Waals surface area contributed by atoms with Crippen molar-refractivity contribution in [2.45, 2.75) is 19.4 Å². The van der Waals surface area contributed by atoms with Crippen molar-refractivity contribution >= 4 is 11.9 Å². The summed E-state index contributed by atoms with van der Waals surface area (Å²) in [6.07, 6.45) is 1.47. The zero-order valence-corrected chi connectivity index (χ0v) is 8.06. The van der Waals surface area contributed by atoms with E-state index in [9.17, 15) is 9.59 Å². The molecule has 80 valence electrons. The molecule has 0 aromatic carbocycles. The molecule has 0 aliphatic carbocycles. The lowest BCUT2D eigenvalue weighted by atomic mass is 10.0. The first-order valence-corrected chi connectivity index (χ1v) is 4.52. The van der Waals surface area contributed by atoms with E-state index in [0.29, 0.717) is 5.76 Å². The summed E-state index contributed by atoms with van der Waals surface area (Å²) in [7, 11) is 0. The first-order chi connectivity index (χ1) is 7.08. The number of nitrogens with one attached hydrogen (secondary N) is 1. The van der Waals surface area contributed by atoms with Crippen molar-refractivity contribution in [3.63, 3.8) is 0 Å². The minimum Gasteiger partial charge on any atom is -0.481 e. The summed E-state index contributed by atoms with van der Waals surface area (Å²) in [5.41, 5.74) is 0. The van der Waals surface area contributed by atoms with Crippen molar-refractivity contribution in [3.05, 3.63) is 17.8 Å². The topological polar surface area (TPSA) is 92.4 Å². The Morgan fingerprint density at radius 3 is 3.00 bits per heavy atom. The highest BCUT2D eigenvalue weighted by Gasteiger charge is 2.41. The molecule has 2 heterocycles. The van der Waals surface area contributed by atoms with Crippen molar-refractivity contribution in [1.29, 1.82) is 0 Å². The van der Waals surface area contributed by atoms with Gasteiger partial charge < -0.3 is 14.8 Å². The van der Waals surface area contributed by atoms with Gasteiger partial charge in [0.15, 0.2) is 0 Å². The summed E-state index contributed by atoms with van der Waals surface area (Å²) in [5, 5.41) is 11.4. The molecule has 0 spiro atoms. The Kier molecular flexibility index (Phi) is 2.18. The van der Waals surface area contributed by atoms with E-state index < -0.39 is 17.9 Å². The number of amides is 1. The molecule has 2 rings (SSSR count). The Morgan fingerprint density at radius 1 is 1.73 bits per heavy atom. The molecule has 2 N–H and O–H groups in total. The van der Waals surface area contributed by atoms with Crippen LogP contribution in [0.15, 0.2) is 10.6 Å². The average molecular weight is 210 g/mol. The molecule has 2 atom stereocenters. The van der Waals surface area contributed by atoms with Gasteiger partial charge in [0.1, 0.15) is 11.8 Å². The maximum atomic E-state index is 11.1. The number of aliphatic carboxylic acids is 1. The van der Waals surface area contributed by atoms with E-state index in [0.717, 1.165) is 0 Å². The molecule has 2 unspecified atom stereocenters. The van der Waals surface area contributed by atoms with Gasteiger partial charge in [0.25, 0.3) is 0 Å². The van der Waals surface area contributed by atoms with Crippen LogP contribution in [0.25, 0.3) is 0 Å². The predicted octanol–water partition coefficient (Wildman–Crippen LogP) is 0.245. The van der Waals surface area contributed by atoms with Crippen LogP contribution in [0, 0.1) is 12.8 Å². The fourth-order valence-electron chi connectivity index (χ4n) is 1.63. The van der Waals surface area contributed by atoms with E-state index >= 15 is 0 Å². The van der Waals surface area contributed by atoms with Gasteiger partial charge in [0.2, 0.25) is 11.8 Å². The minimum absolute atomic E-state index is 0.0264. The average Bonchev–Trinajstić information content (AvgIpc) is 2.71. The number of nitrogens with zero attached hydrogens (tertiary/aromatic N) is 1. The van der Waals surface area contributed by atoms with Crippen LogP contribution >= 0.6 is 0 Å². The Morgan fingerprint density at radius 2 is 2.47 bits per heavy atom. The van der Waals surface area contributed by atoms with Crippen molar-refractivity contribution in [2.75, 3.05) is 0 Å². The summed E-state index contributed by atoms with van der Waals surface area (Å²) in [6, 6.07) is -0.649. The first-order valence-electron chi connectivity index (χ1n) is 4.52. The maximum absolute atomic E-state index is 11.1. The highest BCUT2D eigenvalue weighted by molar-refractivity contribution is 5.86. The predicted molar refractivity (Wildman–Crippen MR) is 47.9 cm³/mol. The number of rotatable bonds is 2. The van der Waals surface area contributed by atoms with Crippen molar-refractivity contribution < 1.29 is 19.1 Å². The summed E-state index contributed by atoms with van der Waals surface area (Å²) in [4.78, 5) is 25.9. The van der Waals surface area contributed by atoms with Gasteiger partial charge in [-0.3, -0.25) is 9.59 Å². The molecule has 0 radical (unpaired) electrons. The second kappa shape index (κ2) is 3.38. The third-order valence-corrected chi connectivity index (χ3v) is 2.35. The van der Waals surface area contributed by atoms with Crippen molar-refractivity contribution in [1.82, 2.24) is 10.3 Å². The molecule has 0 bridgehead atoms. The standard InChI is InChI=1S/C9H10N2O4/c1-4-3-10-8(15-4)7-5(9(13)14)2-6(12)11-7/h3,5,7H,2H2,1H3,(H,11,12)(H,13,14). The van der Waals surface area contributed by atoms with Gasteiger partial charge in [-0.25, -0.2) is 4.98 Å². The molecule has 6 heteroatoms. The van der Waals surface area contributed by atoms with E-state index in [4.69, 9.17) is 9.52 Å². The van der Waals surface area contributed by atoms with Crippen LogP contribution in [0.2, 0.25) is 0 Å². The van der Waals surface area contributed by atoms with E-state index in [1.165, 1.54) is 6.20 Å².